The molecule has 1 aliphatic rings. The number of nitrogens with zero attached hydrogens (tertiary/aromatic N) is 1. The summed E-state index contributed by atoms with van der Waals surface area (Å²) in [7, 11) is 0. The Balaban J connectivity index is 2.52. The molecule has 0 radical (unpaired) electrons. The summed E-state index contributed by atoms with van der Waals surface area (Å²) in [4.78, 5) is 4.57. The molecule has 0 amide bonds. The van der Waals surface area contributed by atoms with Crippen LogP contribution in [0.2, 0.25) is 5.02 Å². The lowest BCUT2D eigenvalue weighted by Gasteiger charge is -2.25. The molecule has 0 saturated carbocycles. The summed E-state index contributed by atoms with van der Waals surface area (Å²) < 4.78 is 0. The minimum absolute atomic E-state index is 0.0313. The monoisotopic (exact) mass is 222 g/mol. The van der Waals surface area contributed by atoms with Crippen LogP contribution in [0.3, 0.4) is 0 Å². The highest BCUT2D eigenvalue weighted by Crippen LogP contribution is 2.34. The van der Waals surface area contributed by atoms with Gasteiger partial charge in [-0.25, -0.2) is 0 Å². The fourth-order valence-electron chi connectivity index (χ4n) is 2.00. The molecule has 80 valence electrons. The van der Waals surface area contributed by atoms with Gasteiger partial charge in [-0.1, -0.05) is 11.6 Å². The van der Waals surface area contributed by atoms with Crippen LogP contribution in [-0.4, -0.2) is 11.3 Å². The molecule has 1 aromatic rings. The Morgan fingerprint density at radius 1 is 1.40 bits per heavy atom. The normalized spacial score (nSPS) is 18.5. The third kappa shape index (κ3) is 2.32. The first-order chi connectivity index (χ1) is 6.96. The number of fused-ring (bicyclic) bond motifs is 1. The number of halogens is 1. The number of hydrogen-bond acceptors (Lipinski definition) is 2. The van der Waals surface area contributed by atoms with Crippen LogP contribution in [0.15, 0.2) is 23.2 Å². The smallest absolute Gasteiger partial charge is 0.0861 e. The second kappa shape index (κ2) is 3.53. The molecule has 2 nitrogen and oxygen atoms in total. The molecule has 1 N–H and O–H groups in total. The Hall–Kier alpha value is -1.02. The molecule has 0 spiro atoms. The molecule has 2 rings (SSSR count). The van der Waals surface area contributed by atoms with Crippen molar-refractivity contribution in [3.8, 4) is 0 Å². The van der Waals surface area contributed by atoms with Gasteiger partial charge in [0.05, 0.1) is 11.4 Å². The van der Waals surface area contributed by atoms with Crippen LogP contribution < -0.4 is 5.32 Å². The highest BCUT2D eigenvalue weighted by Gasteiger charge is 2.22. The second-order valence-corrected chi connectivity index (χ2v) is 5.13. The van der Waals surface area contributed by atoms with Gasteiger partial charge in [-0.3, -0.25) is 4.99 Å². The Morgan fingerprint density at radius 2 is 2.13 bits per heavy atom. The van der Waals surface area contributed by atoms with Crippen LogP contribution in [0.5, 0.6) is 0 Å². The molecule has 1 heterocycles. The minimum Gasteiger partial charge on any atom is -0.378 e. The maximum Gasteiger partial charge on any atom is 0.0861 e. The molecular weight excluding hydrogens is 208 g/mol. The van der Waals surface area contributed by atoms with E-state index in [-0.39, 0.29) is 5.54 Å². The summed E-state index contributed by atoms with van der Waals surface area (Å²) in [5.74, 6) is 0. The highest BCUT2D eigenvalue weighted by atomic mass is 35.5. The quantitative estimate of drug-likeness (QED) is 0.704. The van der Waals surface area contributed by atoms with E-state index in [0.29, 0.717) is 0 Å². The zero-order chi connectivity index (χ0) is 11.1. The summed E-state index contributed by atoms with van der Waals surface area (Å²) in [5.41, 5.74) is 3.17. The number of aliphatic imine (C=N–C) groups is 1. The summed E-state index contributed by atoms with van der Waals surface area (Å²) >= 11 is 5.97. The Morgan fingerprint density at radius 3 is 2.87 bits per heavy atom. The van der Waals surface area contributed by atoms with Gasteiger partial charge in [-0.2, -0.15) is 0 Å². The molecule has 0 aliphatic carbocycles. The van der Waals surface area contributed by atoms with Gasteiger partial charge in [0.1, 0.15) is 0 Å². The molecule has 0 saturated heterocycles. The van der Waals surface area contributed by atoms with Crippen molar-refractivity contribution in [2.24, 2.45) is 4.99 Å². The van der Waals surface area contributed by atoms with Gasteiger partial charge in [-0.05, 0) is 39.0 Å². The molecule has 15 heavy (non-hydrogen) atoms. The van der Waals surface area contributed by atoms with Crippen LogP contribution in [0.4, 0.5) is 11.4 Å². The van der Waals surface area contributed by atoms with Crippen LogP contribution in [0, 0.1) is 0 Å². The van der Waals surface area contributed by atoms with E-state index in [1.165, 1.54) is 0 Å². The van der Waals surface area contributed by atoms with Crippen molar-refractivity contribution in [2.75, 3.05) is 5.32 Å². The number of benzene rings is 1. The van der Waals surface area contributed by atoms with Crippen LogP contribution in [-0.2, 0) is 0 Å². The van der Waals surface area contributed by atoms with Gasteiger partial charge in [-0.15, -0.1) is 0 Å². The van der Waals surface area contributed by atoms with E-state index in [0.717, 1.165) is 28.5 Å². The van der Waals surface area contributed by atoms with Gasteiger partial charge >= 0.3 is 0 Å². The van der Waals surface area contributed by atoms with Gasteiger partial charge in [0, 0.05) is 22.7 Å². The molecule has 0 bridgehead atoms. The minimum atomic E-state index is 0.0313. The zero-order valence-electron chi connectivity index (χ0n) is 9.26. The van der Waals surface area contributed by atoms with Crippen molar-refractivity contribution in [2.45, 2.75) is 32.7 Å². The van der Waals surface area contributed by atoms with E-state index in [1.807, 2.05) is 18.2 Å². The molecule has 1 aliphatic heterocycles. The number of anilines is 1. The predicted molar refractivity (Wildman–Crippen MR) is 66.5 cm³/mol. The molecule has 0 unspecified atom stereocenters. The fraction of sp³-hybridized carbons (Fsp3) is 0.417. The van der Waals surface area contributed by atoms with Gasteiger partial charge in [0.25, 0.3) is 0 Å². The van der Waals surface area contributed by atoms with Crippen LogP contribution in [0.1, 0.15) is 27.2 Å². The van der Waals surface area contributed by atoms with Crippen LogP contribution in [0.25, 0.3) is 0 Å². The summed E-state index contributed by atoms with van der Waals surface area (Å²) in [6, 6.07) is 5.76. The van der Waals surface area contributed by atoms with E-state index < -0.39 is 0 Å². The highest BCUT2D eigenvalue weighted by molar-refractivity contribution is 6.31. The number of nitrogens with one attached hydrogen (secondary N) is 1. The predicted octanol–water partition coefficient (Wildman–Crippen LogP) is 4.03. The summed E-state index contributed by atoms with van der Waals surface area (Å²) in [6.45, 7) is 6.40. The topological polar surface area (TPSA) is 24.4 Å². The number of hydrogen-bond donors (Lipinski definition) is 1. The molecule has 1 aromatic carbocycles. The first kappa shape index (κ1) is 10.5. The van der Waals surface area contributed by atoms with E-state index in [4.69, 9.17) is 11.6 Å². The van der Waals surface area contributed by atoms with E-state index in [1.54, 1.807) is 0 Å². The Kier molecular flexibility index (Phi) is 2.47. The molecule has 0 aromatic heterocycles. The summed E-state index contributed by atoms with van der Waals surface area (Å²) in [5, 5.41) is 4.21. The van der Waals surface area contributed by atoms with Crippen molar-refractivity contribution in [1.82, 2.24) is 0 Å². The third-order valence-corrected chi connectivity index (χ3v) is 2.68. The third-order valence-electron chi connectivity index (χ3n) is 2.44. The first-order valence-corrected chi connectivity index (χ1v) is 5.46. The largest absolute Gasteiger partial charge is 0.378 e. The lowest BCUT2D eigenvalue weighted by molar-refractivity contribution is 0.595. The lowest BCUT2D eigenvalue weighted by atomic mass is 9.98. The van der Waals surface area contributed by atoms with Crippen molar-refractivity contribution in [3.63, 3.8) is 0 Å². The summed E-state index contributed by atoms with van der Waals surface area (Å²) in [6.07, 6.45) is 0.944. The molecule has 0 fully saturated rings. The molecule has 0 atom stereocenters. The fourth-order valence-corrected chi connectivity index (χ4v) is 2.17. The second-order valence-electron chi connectivity index (χ2n) is 4.69. The number of rotatable bonds is 0. The van der Waals surface area contributed by atoms with E-state index in [9.17, 15) is 0 Å². The maximum absolute atomic E-state index is 5.97. The maximum atomic E-state index is 5.97. The van der Waals surface area contributed by atoms with Crippen molar-refractivity contribution in [3.05, 3.63) is 23.2 Å². The lowest BCUT2D eigenvalue weighted by Crippen LogP contribution is -2.31. The molecular formula is C12H15ClN2. The average molecular weight is 223 g/mol. The molecule has 3 heteroatoms. The standard InChI is InChI=1S/C12H15ClN2/c1-8-7-12(2,3)15-11-6-9(13)4-5-10(11)14-8/h4-6,15H,7H2,1-3H3. The first-order valence-electron chi connectivity index (χ1n) is 5.08. The van der Waals surface area contributed by atoms with E-state index >= 15 is 0 Å². The zero-order valence-corrected chi connectivity index (χ0v) is 10.0. The van der Waals surface area contributed by atoms with Crippen molar-refractivity contribution < 1.29 is 0 Å². The average Bonchev–Trinajstić information content (AvgIpc) is 2.17. The van der Waals surface area contributed by atoms with Crippen molar-refractivity contribution >= 4 is 28.7 Å². The SMILES string of the molecule is CC1=Nc2ccc(Cl)cc2NC(C)(C)C1. The Bertz CT molecular complexity index is 422. The van der Waals surface area contributed by atoms with Crippen LogP contribution >= 0.6 is 11.6 Å². The van der Waals surface area contributed by atoms with Crippen molar-refractivity contribution in [1.29, 1.82) is 0 Å². The van der Waals surface area contributed by atoms with Gasteiger partial charge in [0.2, 0.25) is 0 Å². The Labute approximate surface area is 95.4 Å². The van der Waals surface area contributed by atoms with Gasteiger partial charge in [0.15, 0.2) is 0 Å². The van der Waals surface area contributed by atoms with Gasteiger partial charge < -0.3 is 5.32 Å². The van der Waals surface area contributed by atoms with E-state index in [2.05, 4.69) is 31.1 Å².